The number of hydrogen-bond acceptors (Lipinski definition) is 4. The van der Waals surface area contributed by atoms with E-state index in [1.165, 1.54) is 17.0 Å². The number of nitrogens with one attached hydrogen (secondary N) is 1. The molecule has 6 nitrogen and oxygen atoms in total. The van der Waals surface area contributed by atoms with Crippen LogP contribution in [0.1, 0.15) is 13.8 Å². The van der Waals surface area contributed by atoms with Gasteiger partial charge in [0.1, 0.15) is 6.04 Å². The Morgan fingerprint density at radius 2 is 2.21 bits per heavy atom. The average molecular weight is 269 g/mol. The number of hydrogen-bond donors (Lipinski definition) is 1. The number of carbonyl (C=O) groups excluding carboxylic acids is 1. The van der Waals surface area contributed by atoms with Gasteiger partial charge in [0.25, 0.3) is 5.69 Å². The number of nitro benzene ring substituents is 1. The SMILES string of the molecule is CCN(C)C(=O)C(C)Nc1ccc([N+](=O)[O-])cc1F. The molecule has 0 aliphatic carbocycles. The first-order valence-corrected chi connectivity index (χ1v) is 5.82. The molecule has 1 unspecified atom stereocenters. The van der Waals surface area contributed by atoms with Crippen molar-refractivity contribution in [1.29, 1.82) is 0 Å². The van der Waals surface area contributed by atoms with Gasteiger partial charge in [0.05, 0.1) is 16.7 Å². The first kappa shape index (κ1) is 14.9. The number of rotatable bonds is 5. The highest BCUT2D eigenvalue weighted by atomic mass is 19.1. The van der Waals surface area contributed by atoms with E-state index in [0.717, 1.165) is 6.07 Å². The Bertz CT molecular complexity index is 493. The number of nitrogens with zero attached hydrogens (tertiary/aromatic N) is 2. The van der Waals surface area contributed by atoms with Crippen LogP contribution in [0.25, 0.3) is 0 Å². The molecular weight excluding hydrogens is 253 g/mol. The highest BCUT2D eigenvalue weighted by Crippen LogP contribution is 2.21. The molecule has 1 aromatic carbocycles. The summed E-state index contributed by atoms with van der Waals surface area (Å²) in [5, 5.41) is 13.2. The lowest BCUT2D eigenvalue weighted by Crippen LogP contribution is -2.39. The second-order valence-electron chi connectivity index (χ2n) is 4.14. The zero-order valence-corrected chi connectivity index (χ0v) is 11.0. The van der Waals surface area contributed by atoms with Gasteiger partial charge in [0.15, 0.2) is 5.82 Å². The van der Waals surface area contributed by atoms with Gasteiger partial charge in [0.2, 0.25) is 5.91 Å². The van der Waals surface area contributed by atoms with Gasteiger partial charge in [-0.3, -0.25) is 14.9 Å². The van der Waals surface area contributed by atoms with Crippen molar-refractivity contribution < 1.29 is 14.1 Å². The molecule has 0 spiro atoms. The molecule has 0 heterocycles. The maximum absolute atomic E-state index is 13.6. The van der Waals surface area contributed by atoms with Crippen molar-refractivity contribution in [3.63, 3.8) is 0 Å². The van der Waals surface area contributed by atoms with Crippen LogP contribution in [0.3, 0.4) is 0 Å². The van der Waals surface area contributed by atoms with Crippen molar-refractivity contribution in [2.24, 2.45) is 0 Å². The summed E-state index contributed by atoms with van der Waals surface area (Å²) < 4.78 is 13.6. The maximum atomic E-state index is 13.6. The molecule has 1 amide bonds. The maximum Gasteiger partial charge on any atom is 0.272 e. The molecular formula is C12H16FN3O3. The number of likely N-dealkylation sites (N-methyl/N-ethyl adjacent to an activating group) is 1. The second-order valence-corrected chi connectivity index (χ2v) is 4.14. The number of amides is 1. The summed E-state index contributed by atoms with van der Waals surface area (Å²) in [5.41, 5.74) is -0.261. The van der Waals surface area contributed by atoms with Gasteiger partial charge in [-0.05, 0) is 19.9 Å². The number of benzene rings is 1. The minimum Gasteiger partial charge on any atom is -0.372 e. The lowest BCUT2D eigenvalue weighted by Gasteiger charge is -2.21. The van der Waals surface area contributed by atoms with Crippen LogP contribution < -0.4 is 5.32 Å². The standard InChI is InChI=1S/C12H16FN3O3/c1-4-15(3)12(17)8(2)14-11-6-5-9(16(18)19)7-10(11)13/h5-8,14H,4H2,1-3H3. The van der Waals surface area contributed by atoms with Gasteiger partial charge < -0.3 is 10.2 Å². The van der Waals surface area contributed by atoms with Crippen molar-refractivity contribution >= 4 is 17.3 Å². The summed E-state index contributed by atoms with van der Waals surface area (Å²) in [6.45, 7) is 3.99. The Hall–Kier alpha value is -2.18. The molecule has 0 aliphatic heterocycles. The molecule has 0 saturated carbocycles. The molecule has 19 heavy (non-hydrogen) atoms. The number of non-ortho nitro benzene ring substituents is 1. The Kier molecular flexibility index (Phi) is 4.80. The molecule has 1 aromatic rings. The monoisotopic (exact) mass is 269 g/mol. The number of halogens is 1. The van der Waals surface area contributed by atoms with Crippen LogP contribution in [-0.2, 0) is 4.79 Å². The van der Waals surface area contributed by atoms with E-state index in [1.54, 1.807) is 14.0 Å². The number of nitro groups is 1. The Morgan fingerprint density at radius 1 is 1.58 bits per heavy atom. The van der Waals surface area contributed by atoms with Gasteiger partial charge in [-0.25, -0.2) is 4.39 Å². The summed E-state index contributed by atoms with van der Waals surface area (Å²) in [4.78, 5) is 23.1. The van der Waals surface area contributed by atoms with E-state index in [1.807, 2.05) is 6.92 Å². The van der Waals surface area contributed by atoms with Gasteiger partial charge in [-0.15, -0.1) is 0 Å². The van der Waals surface area contributed by atoms with Gasteiger partial charge in [0, 0.05) is 19.7 Å². The van der Waals surface area contributed by atoms with Crippen molar-refractivity contribution in [2.75, 3.05) is 18.9 Å². The molecule has 0 bridgehead atoms. The fraction of sp³-hybridized carbons (Fsp3) is 0.417. The summed E-state index contributed by atoms with van der Waals surface area (Å²) in [6, 6.07) is 2.65. The molecule has 0 radical (unpaired) electrons. The van der Waals surface area contributed by atoms with Crippen LogP contribution in [0.2, 0.25) is 0 Å². The molecule has 0 aliphatic rings. The third-order valence-corrected chi connectivity index (χ3v) is 2.76. The van der Waals surface area contributed by atoms with E-state index in [-0.39, 0.29) is 17.3 Å². The molecule has 0 saturated heterocycles. The van der Waals surface area contributed by atoms with Crippen LogP contribution in [0, 0.1) is 15.9 Å². The Labute approximate surface area is 110 Å². The quantitative estimate of drug-likeness (QED) is 0.655. The van der Waals surface area contributed by atoms with Gasteiger partial charge >= 0.3 is 0 Å². The predicted octanol–water partition coefficient (Wildman–Crippen LogP) is 2.01. The van der Waals surface area contributed by atoms with Crippen LogP contribution in [0.15, 0.2) is 18.2 Å². The fourth-order valence-electron chi connectivity index (χ4n) is 1.52. The third-order valence-electron chi connectivity index (χ3n) is 2.76. The molecule has 7 heteroatoms. The molecule has 0 aromatic heterocycles. The van der Waals surface area contributed by atoms with Gasteiger partial charge in [-0.1, -0.05) is 0 Å². The molecule has 0 fully saturated rings. The normalized spacial score (nSPS) is 11.8. The van der Waals surface area contributed by atoms with Crippen LogP contribution in [-0.4, -0.2) is 35.4 Å². The van der Waals surface area contributed by atoms with E-state index in [9.17, 15) is 19.3 Å². The van der Waals surface area contributed by atoms with Crippen molar-refractivity contribution in [1.82, 2.24) is 4.90 Å². The zero-order valence-electron chi connectivity index (χ0n) is 11.0. The highest BCUT2D eigenvalue weighted by molar-refractivity contribution is 5.84. The molecule has 104 valence electrons. The minimum absolute atomic E-state index is 0.0657. The average Bonchev–Trinajstić information content (AvgIpc) is 2.38. The Balaban J connectivity index is 2.83. The van der Waals surface area contributed by atoms with E-state index in [2.05, 4.69) is 5.32 Å². The largest absolute Gasteiger partial charge is 0.372 e. The molecule has 1 rings (SSSR count). The van der Waals surface area contributed by atoms with Crippen molar-refractivity contribution in [3.05, 3.63) is 34.1 Å². The van der Waals surface area contributed by atoms with Crippen LogP contribution >= 0.6 is 0 Å². The van der Waals surface area contributed by atoms with E-state index < -0.39 is 16.8 Å². The summed E-state index contributed by atoms with van der Waals surface area (Å²) in [5.74, 6) is -0.937. The lowest BCUT2D eigenvalue weighted by atomic mass is 10.2. The summed E-state index contributed by atoms with van der Waals surface area (Å²) in [6.07, 6.45) is 0. The topological polar surface area (TPSA) is 75.5 Å². The second kappa shape index (κ2) is 6.12. The van der Waals surface area contributed by atoms with Crippen LogP contribution in [0.4, 0.5) is 15.8 Å². The summed E-state index contributed by atoms with van der Waals surface area (Å²) in [7, 11) is 1.65. The smallest absolute Gasteiger partial charge is 0.272 e. The number of anilines is 1. The third kappa shape index (κ3) is 3.64. The molecule has 1 N–H and O–H groups in total. The zero-order chi connectivity index (χ0) is 14.6. The molecule has 1 atom stereocenters. The van der Waals surface area contributed by atoms with Crippen molar-refractivity contribution in [3.8, 4) is 0 Å². The first-order valence-electron chi connectivity index (χ1n) is 5.82. The predicted molar refractivity (Wildman–Crippen MR) is 69.5 cm³/mol. The van der Waals surface area contributed by atoms with Crippen LogP contribution in [0.5, 0.6) is 0 Å². The van der Waals surface area contributed by atoms with E-state index in [0.29, 0.717) is 6.54 Å². The fourth-order valence-corrected chi connectivity index (χ4v) is 1.52. The number of carbonyl (C=O) groups is 1. The summed E-state index contributed by atoms with van der Waals surface area (Å²) >= 11 is 0. The van der Waals surface area contributed by atoms with E-state index >= 15 is 0 Å². The highest BCUT2D eigenvalue weighted by Gasteiger charge is 2.18. The van der Waals surface area contributed by atoms with Crippen molar-refractivity contribution in [2.45, 2.75) is 19.9 Å². The minimum atomic E-state index is -0.756. The lowest BCUT2D eigenvalue weighted by molar-refractivity contribution is -0.385. The van der Waals surface area contributed by atoms with Gasteiger partial charge in [-0.2, -0.15) is 0 Å². The van der Waals surface area contributed by atoms with E-state index in [4.69, 9.17) is 0 Å². The first-order chi connectivity index (χ1) is 8.86. The Morgan fingerprint density at radius 3 is 2.68 bits per heavy atom.